The Morgan fingerprint density at radius 1 is 1.18 bits per heavy atom. The van der Waals surface area contributed by atoms with Crippen LogP contribution in [0.3, 0.4) is 0 Å². The number of anilines is 2. The lowest BCUT2D eigenvalue weighted by Crippen LogP contribution is -2.34. The van der Waals surface area contributed by atoms with Gasteiger partial charge < -0.3 is 16.4 Å². The van der Waals surface area contributed by atoms with Crippen molar-refractivity contribution in [2.24, 2.45) is 11.7 Å². The molecule has 1 aromatic carbocycles. The fraction of sp³-hybridized carbons (Fsp3) is 0.500. The van der Waals surface area contributed by atoms with Crippen LogP contribution < -0.4 is 16.4 Å². The second-order valence-corrected chi connectivity index (χ2v) is 5.77. The number of benzene rings is 1. The van der Waals surface area contributed by atoms with Gasteiger partial charge >= 0.3 is 0 Å². The topological polar surface area (TPSA) is 84.2 Å². The normalized spacial score (nSPS) is 20.7. The van der Waals surface area contributed by atoms with Crippen molar-refractivity contribution in [3.05, 3.63) is 23.8 Å². The molecule has 6 heteroatoms. The lowest BCUT2D eigenvalue weighted by atomic mass is 9.85. The van der Waals surface area contributed by atoms with Crippen LogP contribution in [-0.4, -0.2) is 17.9 Å². The lowest BCUT2D eigenvalue weighted by Gasteiger charge is -2.26. The summed E-state index contributed by atoms with van der Waals surface area (Å²) in [5, 5.41) is 5.73. The number of hydrogen-bond acceptors (Lipinski definition) is 3. The van der Waals surface area contributed by atoms with E-state index in [9.17, 15) is 9.59 Å². The van der Waals surface area contributed by atoms with Crippen molar-refractivity contribution in [3.63, 3.8) is 0 Å². The Hall–Kier alpha value is -1.59. The van der Waals surface area contributed by atoms with Gasteiger partial charge in [-0.3, -0.25) is 9.59 Å². The van der Waals surface area contributed by atoms with Crippen LogP contribution in [0.15, 0.2) is 18.2 Å². The molecule has 0 heterocycles. The number of nitrogens with one attached hydrogen (secondary N) is 2. The van der Waals surface area contributed by atoms with Crippen LogP contribution in [0.1, 0.15) is 38.2 Å². The van der Waals surface area contributed by atoms with E-state index in [0.717, 1.165) is 42.6 Å². The molecule has 1 aliphatic carbocycles. The maximum Gasteiger partial charge on any atom is 0.227 e. The van der Waals surface area contributed by atoms with Crippen molar-refractivity contribution in [2.75, 3.05) is 10.6 Å². The first-order valence-electron chi connectivity index (χ1n) is 7.41. The Balaban J connectivity index is 0.00000242. The molecular formula is C16H24ClN3O2. The summed E-state index contributed by atoms with van der Waals surface area (Å²) in [7, 11) is 0. The highest BCUT2D eigenvalue weighted by atomic mass is 35.5. The van der Waals surface area contributed by atoms with Crippen LogP contribution in [0.25, 0.3) is 0 Å². The number of nitrogens with two attached hydrogens (primary N) is 1. The van der Waals surface area contributed by atoms with E-state index < -0.39 is 0 Å². The predicted octanol–water partition coefficient (Wildman–Crippen LogP) is 2.83. The van der Waals surface area contributed by atoms with Crippen LogP contribution in [0.2, 0.25) is 0 Å². The summed E-state index contributed by atoms with van der Waals surface area (Å²) in [6.07, 6.45) is 3.64. The van der Waals surface area contributed by atoms with E-state index in [-0.39, 0.29) is 36.2 Å². The SMILES string of the molecule is CC(=O)Nc1cccc(NC(=O)C2CCCC(N)C2)c1C.Cl. The molecule has 0 aromatic heterocycles. The Morgan fingerprint density at radius 2 is 1.82 bits per heavy atom. The fourth-order valence-corrected chi connectivity index (χ4v) is 2.80. The largest absolute Gasteiger partial charge is 0.328 e. The first-order chi connectivity index (χ1) is 9.97. The van der Waals surface area contributed by atoms with Gasteiger partial charge in [0.1, 0.15) is 0 Å². The summed E-state index contributed by atoms with van der Waals surface area (Å²) in [5.74, 6) is -0.120. The summed E-state index contributed by atoms with van der Waals surface area (Å²) in [6, 6.07) is 5.62. The average molecular weight is 326 g/mol. The molecule has 2 unspecified atom stereocenters. The van der Waals surface area contributed by atoms with Gasteiger partial charge in [-0.2, -0.15) is 0 Å². The molecule has 0 spiro atoms. The molecule has 22 heavy (non-hydrogen) atoms. The Labute approximate surface area is 137 Å². The van der Waals surface area contributed by atoms with Crippen molar-refractivity contribution in [1.29, 1.82) is 0 Å². The van der Waals surface area contributed by atoms with Gasteiger partial charge in [-0.25, -0.2) is 0 Å². The molecule has 5 nitrogen and oxygen atoms in total. The molecule has 2 amide bonds. The highest BCUT2D eigenvalue weighted by Crippen LogP contribution is 2.27. The van der Waals surface area contributed by atoms with Crippen molar-refractivity contribution in [3.8, 4) is 0 Å². The average Bonchev–Trinajstić information content (AvgIpc) is 2.42. The second kappa shape index (κ2) is 8.15. The van der Waals surface area contributed by atoms with Crippen LogP contribution in [-0.2, 0) is 9.59 Å². The van der Waals surface area contributed by atoms with Crippen molar-refractivity contribution >= 4 is 35.6 Å². The van der Waals surface area contributed by atoms with Gasteiger partial charge in [-0.15, -0.1) is 12.4 Å². The van der Waals surface area contributed by atoms with Gasteiger partial charge in [0.05, 0.1) is 0 Å². The standard InChI is InChI=1S/C16H23N3O2.ClH/c1-10-14(18-11(2)20)7-4-8-15(10)19-16(21)12-5-3-6-13(17)9-12;/h4,7-8,12-13H,3,5-6,9,17H2,1-2H3,(H,18,20)(H,19,21);1H. The van der Waals surface area contributed by atoms with Gasteiger partial charge in [0.15, 0.2) is 0 Å². The second-order valence-electron chi connectivity index (χ2n) is 5.77. The van der Waals surface area contributed by atoms with E-state index in [1.807, 2.05) is 25.1 Å². The third kappa shape index (κ3) is 4.71. The van der Waals surface area contributed by atoms with Gasteiger partial charge in [-0.1, -0.05) is 12.5 Å². The molecule has 2 atom stereocenters. The number of rotatable bonds is 3. The van der Waals surface area contributed by atoms with Crippen LogP contribution in [0.4, 0.5) is 11.4 Å². The van der Waals surface area contributed by atoms with Gasteiger partial charge in [-0.05, 0) is 43.9 Å². The minimum Gasteiger partial charge on any atom is -0.328 e. The molecule has 2 rings (SSSR count). The number of carbonyl (C=O) groups is 2. The van der Waals surface area contributed by atoms with Crippen molar-refractivity contribution in [1.82, 2.24) is 0 Å². The highest BCUT2D eigenvalue weighted by Gasteiger charge is 2.25. The molecular weight excluding hydrogens is 302 g/mol. The summed E-state index contributed by atoms with van der Waals surface area (Å²) < 4.78 is 0. The molecule has 0 radical (unpaired) electrons. The smallest absolute Gasteiger partial charge is 0.227 e. The van der Waals surface area contributed by atoms with E-state index in [1.165, 1.54) is 6.92 Å². The Bertz CT molecular complexity index is 548. The molecule has 0 bridgehead atoms. The maximum absolute atomic E-state index is 12.3. The summed E-state index contributed by atoms with van der Waals surface area (Å²) in [6.45, 7) is 3.35. The molecule has 0 aliphatic heterocycles. The first kappa shape index (κ1) is 18.5. The van der Waals surface area contributed by atoms with Crippen molar-refractivity contribution in [2.45, 2.75) is 45.6 Å². The van der Waals surface area contributed by atoms with Gasteiger partial charge in [0.25, 0.3) is 0 Å². The monoisotopic (exact) mass is 325 g/mol. The number of amides is 2. The summed E-state index contributed by atoms with van der Waals surface area (Å²) in [4.78, 5) is 23.5. The van der Waals surface area contributed by atoms with Gasteiger partial charge in [0.2, 0.25) is 11.8 Å². The molecule has 4 N–H and O–H groups in total. The quantitative estimate of drug-likeness (QED) is 0.799. The van der Waals surface area contributed by atoms with E-state index in [0.29, 0.717) is 0 Å². The molecule has 1 aliphatic rings. The maximum atomic E-state index is 12.3. The predicted molar refractivity (Wildman–Crippen MR) is 91.3 cm³/mol. The molecule has 1 saturated carbocycles. The number of hydrogen-bond donors (Lipinski definition) is 3. The van der Waals surface area contributed by atoms with Crippen LogP contribution >= 0.6 is 12.4 Å². The summed E-state index contributed by atoms with van der Waals surface area (Å²) >= 11 is 0. The Kier molecular flexibility index (Phi) is 6.84. The minimum atomic E-state index is -0.125. The minimum absolute atomic E-state index is 0. The van der Waals surface area contributed by atoms with E-state index >= 15 is 0 Å². The van der Waals surface area contributed by atoms with Crippen LogP contribution in [0, 0.1) is 12.8 Å². The first-order valence-corrected chi connectivity index (χ1v) is 7.41. The van der Waals surface area contributed by atoms with Crippen molar-refractivity contribution < 1.29 is 9.59 Å². The third-order valence-electron chi connectivity index (χ3n) is 3.99. The molecule has 122 valence electrons. The van der Waals surface area contributed by atoms with E-state index in [4.69, 9.17) is 5.73 Å². The van der Waals surface area contributed by atoms with Crippen LogP contribution in [0.5, 0.6) is 0 Å². The van der Waals surface area contributed by atoms with Gasteiger partial charge in [0, 0.05) is 30.3 Å². The number of carbonyl (C=O) groups excluding carboxylic acids is 2. The third-order valence-corrected chi connectivity index (χ3v) is 3.99. The zero-order valence-electron chi connectivity index (χ0n) is 13.0. The highest BCUT2D eigenvalue weighted by molar-refractivity contribution is 5.96. The lowest BCUT2D eigenvalue weighted by molar-refractivity contribution is -0.121. The van der Waals surface area contributed by atoms with E-state index in [1.54, 1.807) is 0 Å². The zero-order chi connectivity index (χ0) is 15.4. The zero-order valence-corrected chi connectivity index (χ0v) is 13.8. The summed E-state index contributed by atoms with van der Waals surface area (Å²) in [5.41, 5.74) is 8.26. The number of halogens is 1. The fourth-order valence-electron chi connectivity index (χ4n) is 2.80. The molecule has 0 saturated heterocycles. The molecule has 1 fully saturated rings. The van der Waals surface area contributed by atoms with E-state index in [2.05, 4.69) is 10.6 Å². The Morgan fingerprint density at radius 3 is 2.41 bits per heavy atom. The molecule has 1 aromatic rings.